The Labute approximate surface area is 117 Å². The number of nitrogen functional groups attached to an aromatic ring is 1. The van der Waals surface area contributed by atoms with Gasteiger partial charge in [0.1, 0.15) is 5.75 Å². The van der Waals surface area contributed by atoms with Gasteiger partial charge in [0.2, 0.25) is 0 Å². The van der Waals surface area contributed by atoms with Crippen molar-refractivity contribution in [3.8, 4) is 5.75 Å². The second kappa shape index (κ2) is 5.63. The third-order valence-electron chi connectivity index (χ3n) is 2.91. The molecule has 1 heterocycles. The zero-order valence-electron chi connectivity index (χ0n) is 11.3. The number of anilines is 1. The number of nitrogens with one attached hydrogen (secondary N) is 1. The second-order valence-corrected chi connectivity index (χ2v) is 5.31. The average molecular weight is 280 g/mol. The van der Waals surface area contributed by atoms with Crippen molar-refractivity contribution in [3.05, 3.63) is 28.9 Å². The first-order valence-electron chi connectivity index (χ1n) is 6.19. The summed E-state index contributed by atoms with van der Waals surface area (Å²) in [5.74, 6) is 6.73. The Kier molecular flexibility index (Phi) is 4.12. The van der Waals surface area contributed by atoms with Gasteiger partial charge in [-0.05, 0) is 24.5 Å². The van der Waals surface area contributed by atoms with Gasteiger partial charge in [0, 0.05) is 17.1 Å². The van der Waals surface area contributed by atoms with Crippen LogP contribution in [0.5, 0.6) is 5.75 Å². The molecule has 1 aromatic heterocycles. The van der Waals surface area contributed by atoms with E-state index in [4.69, 9.17) is 22.2 Å². The normalized spacial score (nSPS) is 11.1. The molecule has 1 aromatic carbocycles. The molecule has 0 bridgehead atoms. The third-order valence-corrected chi connectivity index (χ3v) is 3.20. The number of halogens is 1. The SMILES string of the molecule is COc1cc2nc(CC(C)C)cc(NN)c2cc1Cl. The van der Waals surface area contributed by atoms with Gasteiger partial charge in [0.05, 0.1) is 23.3 Å². The fraction of sp³-hybridized carbons (Fsp3) is 0.357. The van der Waals surface area contributed by atoms with Crippen LogP contribution in [0.3, 0.4) is 0 Å². The minimum atomic E-state index is 0.532. The van der Waals surface area contributed by atoms with Crippen LogP contribution in [-0.4, -0.2) is 12.1 Å². The molecule has 0 saturated carbocycles. The maximum Gasteiger partial charge on any atom is 0.139 e. The summed E-state index contributed by atoms with van der Waals surface area (Å²) in [5, 5.41) is 1.44. The van der Waals surface area contributed by atoms with E-state index in [1.54, 1.807) is 7.11 Å². The molecule has 0 amide bonds. The molecule has 0 spiro atoms. The minimum absolute atomic E-state index is 0.532. The predicted octanol–water partition coefficient (Wildman–Crippen LogP) is 3.38. The monoisotopic (exact) mass is 279 g/mol. The van der Waals surface area contributed by atoms with Crippen LogP contribution >= 0.6 is 11.6 Å². The summed E-state index contributed by atoms with van der Waals surface area (Å²) in [5.41, 5.74) is 5.36. The standard InChI is InChI=1S/C14H18ClN3O/c1-8(2)4-9-5-13(18-16)10-6-11(15)14(19-3)7-12(10)17-9/h5-8H,4,16H2,1-3H3,(H,17,18). The zero-order chi connectivity index (χ0) is 14.0. The number of pyridine rings is 1. The van der Waals surface area contributed by atoms with Crippen LogP contribution in [0.15, 0.2) is 18.2 Å². The number of methoxy groups -OCH3 is 1. The molecule has 0 saturated heterocycles. The molecule has 0 atom stereocenters. The van der Waals surface area contributed by atoms with Crippen LogP contribution in [0.25, 0.3) is 10.9 Å². The van der Waals surface area contributed by atoms with E-state index in [-0.39, 0.29) is 0 Å². The molecule has 2 aromatic rings. The lowest BCUT2D eigenvalue weighted by molar-refractivity contribution is 0.415. The number of rotatable bonds is 4. The van der Waals surface area contributed by atoms with Gasteiger partial charge in [0.25, 0.3) is 0 Å². The van der Waals surface area contributed by atoms with Crippen molar-refractivity contribution in [2.24, 2.45) is 11.8 Å². The number of ether oxygens (including phenoxy) is 1. The summed E-state index contributed by atoms with van der Waals surface area (Å²) in [6.45, 7) is 4.31. The van der Waals surface area contributed by atoms with Crippen LogP contribution in [0.4, 0.5) is 5.69 Å². The summed E-state index contributed by atoms with van der Waals surface area (Å²) in [4.78, 5) is 4.64. The Morgan fingerprint density at radius 1 is 1.37 bits per heavy atom. The summed E-state index contributed by atoms with van der Waals surface area (Å²) >= 11 is 6.14. The molecule has 4 nitrogen and oxygen atoms in total. The lowest BCUT2D eigenvalue weighted by Crippen LogP contribution is -2.09. The molecule has 102 valence electrons. The van der Waals surface area contributed by atoms with Crippen molar-refractivity contribution in [1.82, 2.24) is 4.98 Å². The number of fused-ring (bicyclic) bond motifs is 1. The van der Waals surface area contributed by atoms with E-state index < -0.39 is 0 Å². The first-order valence-corrected chi connectivity index (χ1v) is 6.56. The Morgan fingerprint density at radius 3 is 2.68 bits per heavy atom. The minimum Gasteiger partial charge on any atom is -0.495 e. The number of hydrogen-bond donors (Lipinski definition) is 2. The van der Waals surface area contributed by atoms with Crippen molar-refractivity contribution in [3.63, 3.8) is 0 Å². The van der Waals surface area contributed by atoms with Crippen LogP contribution in [0.1, 0.15) is 19.5 Å². The number of hydrazine groups is 1. The number of aromatic nitrogens is 1. The summed E-state index contributed by atoms with van der Waals surface area (Å²) in [7, 11) is 1.59. The highest BCUT2D eigenvalue weighted by Gasteiger charge is 2.10. The number of benzene rings is 1. The van der Waals surface area contributed by atoms with Gasteiger partial charge in [-0.25, -0.2) is 0 Å². The van der Waals surface area contributed by atoms with E-state index in [1.165, 1.54) is 0 Å². The summed E-state index contributed by atoms with van der Waals surface area (Å²) in [6.07, 6.45) is 0.898. The van der Waals surface area contributed by atoms with Gasteiger partial charge >= 0.3 is 0 Å². The number of hydrogen-bond acceptors (Lipinski definition) is 4. The Morgan fingerprint density at radius 2 is 2.11 bits per heavy atom. The number of nitrogens with zero attached hydrogens (tertiary/aromatic N) is 1. The van der Waals surface area contributed by atoms with E-state index in [1.807, 2.05) is 18.2 Å². The molecule has 0 aliphatic rings. The van der Waals surface area contributed by atoms with Crippen molar-refractivity contribution >= 4 is 28.2 Å². The van der Waals surface area contributed by atoms with Crippen LogP contribution in [0.2, 0.25) is 5.02 Å². The van der Waals surface area contributed by atoms with Gasteiger partial charge < -0.3 is 10.2 Å². The molecular formula is C14H18ClN3O. The van der Waals surface area contributed by atoms with Crippen LogP contribution in [-0.2, 0) is 6.42 Å². The van der Waals surface area contributed by atoms with Crippen molar-refractivity contribution < 1.29 is 4.74 Å². The number of nitrogens with two attached hydrogens (primary N) is 1. The first-order chi connectivity index (χ1) is 9.05. The zero-order valence-corrected chi connectivity index (χ0v) is 12.1. The quantitative estimate of drug-likeness (QED) is 0.665. The average Bonchev–Trinajstić information content (AvgIpc) is 2.36. The van der Waals surface area contributed by atoms with Gasteiger partial charge in [0.15, 0.2) is 0 Å². The molecule has 0 aliphatic carbocycles. The molecule has 0 unspecified atom stereocenters. The Hall–Kier alpha value is -1.52. The Balaban J connectivity index is 2.63. The summed E-state index contributed by atoms with van der Waals surface area (Å²) in [6, 6.07) is 5.62. The van der Waals surface area contributed by atoms with Gasteiger partial charge in [-0.1, -0.05) is 25.4 Å². The molecule has 3 N–H and O–H groups in total. The van der Waals surface area contributed by atoms with E-state index in [2.05, 4.69) is 24.3 Å². The van der Waals surface area contributed by atoms with Gasteiger partial charge in [-0.15, -0.1) is 0 Å². The van der Waals surface area contributed by atoms with E-state index in [9.17, 15) is 0 Å². The fourth-order valence-corrected chi connectivity index (χ4v) is 2.32. The molecule has 5 heteroatoms. The molecule has 0 radical (unpaired) electrons. The van der Waals surface area contributed by atoms with Crippen molar-refractivity contribution in [2.75, 3.05) is 12.5 Å². The highest BCUT2D eigenvalue weighted by Crippen LogP contribution is 2.33. The molecule has 2 rings (SSSR count). The molecular weight excluding hydrogens is 262 g/mol. The largest absolute Gasteiger partial charge is 0.495 e. The van der Waals surface area contributed by atoms with Crippen molar-refractivity contribution in [2.45, 2.75) is 20.3 Å². The Bertz CT molecular complexity index is 599. The second-order valence-electron chi connectivity index (χ2n) is 4.91. The van der Waals surface area contributed by atoms with E-state index >= 15 is 0 Å². The lowest BCUT2D eigenvalue weighted by atomic mass is 10.1. The van der Waals surface area contributed by atoms with Crippen LogP contribution < -0.4 is 16.0 Å². The van der Waals surface area contributed by atoms with Gasteiger partial charge in [-0.2, -0.15) is 0 Å². The topological polar surface area (TPSA) is 60.2 Å². The highest BCUT2D eigenvalue weighted by molar-refractivity contribution is 6.33. The summed E-state index contributed by atoms with van der Waals surface area (Å²) < 4.78 is 5.22. The highest BCUT2D eigenvalue weighted by atomic mass is 35.5. The predicted molar refractivity (Wildman–Crippen MR) is 79.7 cm³/mol. The molecule has 19 heavy (non-hydrogen) atoms. The lowest BCUT2D eigenvalue weighted by Gasteiger charge is -2.12. The first kappa shape index (κ1) is 13.9. The van der Waals surface area contributed by atoms with Crippen LogP contribution in [0, 0.1) is 5.92 Å². The van der Waals surface area contributed by atoms with Crippen molar-refractivity contribution in [1.29, 1.82) is 0 Å². The van der Waals surface area contributed by atoms with E-state index in [0.717, 1.165) is 28.7 Å². The van der Waals surface area contributed by atoms with E-state index in [0.29, 0.717) is 16.7 Å². The fourth-order valence-electron chi connectivity index (χ4n) is 2.08. The smallest absolute Gasteiger partial charge is 0.139 e. The molecule has 0 aliphatic heterocycles. The molecule has 0 fully saturated rings. The maximum absolute atomic E-state index is 6.14. The van der Waals surface area contributed by atoms with Gasteiger partial charge in [-0.3, -0.25) is 10.8 Å². The third kappa shape index (κ3) is 2.91. The maximum atomic E-state index is 6.14.